The van der Waals surface area contributed by atoms with Gasteiger partial charge in [-0.05, 0) is 58.9 Å². The van der Waals surface area contributed by atoms with Gasteiger partial charge in [-0.3, -0.25) is 0 Å². The second-order valence-corrected chi connectivity index (χ2v) is 6.11. The maximum Gasteiger partial charge on any atom is 0.0834 e. The van der Waals surface area contributed by atoms with Crippen LogP contribution in [-0.2, 0) is 9.47 Å². The average Bonchev–Trinajstić information content (AvgIpc) is 3.07. The second-order valence-electron chi connectivity index (χ2n) is 6.11. The van der Waals surface area contributed by atoms with Gasteiger partial charge in [0.05, 0.1) is 11.7 Å². The van der Waals surface area contributed by atoms with Gasteiger partial charge in [0.15, 0.2) is 0 Å². The first kappa shape index (κ1) is 15.3. The minimum absolute atomic E-state index is 0.111. The Balaban J connectivity index is 1.79. The Labute approximate surface area is 118 Å². The van der Waals surface area contributed by atoms with Crippen LogP contribution in [0.15, 0.2) is 0 Å². The molecular formula is C16H31NO2. The summed E-state index contributed by atoms with van der Waals surface area (Å²) in [4.78, 5) is 0. The molecule has 2 rings (SSSR count). The van der Waals surface area contributed by atoms with E-state index >= 15 is 0 Å². The molecule has 2 fully saturated rings. The molecule has 0 radical (unpaired) electrons. The fraction of sp³-hybridized carbons (Fsp3) is 1.00. The zero-order valence-corrected chi connectivity index (χ0v) is 12.7. The number of rotatable bonds is 8. The molecule has 0 amide bonds. The molecule has 112 valence electrons. The van der Waals surface area contributed by atoms with E-state index < -0.39 is 0 Å². The topological polar surface area (TPSA) is 30.5 Å². The summed E-state index contributed by atoms with van der Waals surface area (Å²) in [6.07, 6.45) is 11.8. The summed E-state index contributed by atoms with van der Waals surface area (Å²) in [6.45, 7) is 3.94. The largest absolute Gasteiger partial charge is 0.378 e. The summed E-state index contributed by atoms with van der Waals surface area (Å²) in [7, 11) is 2.09. The quantitative estimate of drug-likeness (QED) is 0.733. The molecule has 0 spiro atoms. The Morgan fingerprint density at radius 1 is 1.32 bits per heavy atom. The van der Waals surface area contributed by atoms with Crippen molar-refractivity contribution in [2.75, 3.05) is 20.3 Å². The Hall–Kier alpha value is -0.120. The van der Waals surface area contributed by atoms with Crippen molar-refractivity contribution in [3.05, 3.63) is 0 Å². The molecule has 1 aliphatic carbocycles. The van der Waals surface area contributed by atoms with Crippen LogP contribution in [0.1, 0.15) is 64.7 Å². The summed E-state index contributed by atoms with van der Waals surface area (Å²) >= 11 is 0. The summed E-state index contributed by atoms with van der Waals surface area (Å²) < 4.78 is 11.9. The summed E-state index contributed by atoms with van der Waals surface area (Å²) in [5, 5.41) is 3.53. The molecular weight excluding hydrogens is 238 g/mol. The lowest BCUT2D eigenvalue weighted by Crippen LogP contribution is -2.49. The highest BCUT2D eigenvalue weighted by molar-refractivity contribution is 4.96. The van der Waals surface area contributed by atoms with Crippen molar-refractivity contribution < 1.29 is 9.47 Å². The molecule has 2 atom stereocenters. The van der Waals surface area contributed by atoms with Crippen LogP contribution in [-0.4, -0.2) is 38.0 Å². The van der Waals surface area contributed by atoms with Gasteiger partial charge in [-0.25, -0.2) is 0 Å². The van der Waals surface area contributed by atoms with Crippen molar-refractivity contribution >= 4 is 0 Å². The lowest BCUT2D eigenvalue weighted by Gasteiger charge is -2.37. The Morgan fingerprint density at radius 3 is 2.68 bits per heavy atom. The fourth-order valence-corrected chi connectivity index (χ4v) is 3.95. The van der Waals surface area contributed by atoms with E-state index in [0.29, 0.717) is 12.1 Å². The monoisotopic (exact) mass is 269 g/mol. The number of ether oxygens (including phenoxy) is 2. The highest BCUT2D eigenvalue weighted by atomic mass is 16.5. The van der Waals surface area contributed by atoms with Crippen LogP contribution in [0.2, 0.25) is 0 Å². The third kappa shape index (κ3) is 3.93. The molecule has 0 aromatic rings. The Morgan fingerprint density at radius 2 is 2.11 bits per heavy atom. The molecule has 1 heterocycles. The van der Waals surface area contributed by atoms with Crippen LogP contribution < -0.4 is 5.32 Å². The molecule has 1 saturated carbocycles. The van der Waals surface area contributed by atoms with E-state index in [2.05, 4.69) is 19.3 Å². The predicted molar refractivity (Wildman–Crippen MR) is 78.5 cm³/mol. The normalized spacial score (nSPS) is 27.8. The van der Waals surface area contributed by atoms with Crippen molar-refractivity contribution in [1.82, 2.24) is 5.32 Å². The molecule has 1 saturated heterocycles. The second kappa shape index (κ2) is 7.61. The van der Waals surface area contributed by atoms with Crippen molar-refractivity contribution in [3.63, 3.8) is 0 Å². The summed E-state index contributed by atoms with van der Waals surface area (Å²) in [5.74, 6) is 0. The van der Waals surface area contributed by atoms with Crippen LogP contribution in [0.25, 0.3) is 0 Å². The van der Waals surface area contributed by atoms with Gasteiger partial charge in [-0.15, -0.1) is 0 Å². The lowest BCUT2D eigenvalue weighted by molar-refractivity contribution is -0.0625. The van der Waals surface area contributed by atoms with Gasteiger partial charge in [0.1, 0.15) is 0 Å². The zero-order chi connectivity index (χ0) is 13.6. The number of nitrogens with one attached hydrogen (secondary N) is 1. The van der Waals surface area contributed by atoms with Gasteiger partial charge in [0.2, 0.25) is 0 Å². The maximum absolute atomic E-state index is 6.17. The lowest BCUT2D eigenvalue weighted by atomic mass is 9.88. The van der Waals surface area contributed by atoms with Crippen LogP contribution in [0, 0.1) is 0 Å². The van der Waals surface area contributed by atoms with E-state index in [9.17, 15) is 0 Å². The molecule has 2 aliphatic rings. The van der Waals surface area contributed by atoms with Gasteiger partial charge < -0.3 is 14.8 Å². The van der Waals surface area contributed by atoms with E-state index in [0.717, 1.165) is 13.2 Å². The smallest absolute Gasteiger partial charge is 0.0834 e. The van der Waals surface area contributed by atoms with Gasteiger partial charge >= 0.3 is 0 Å². The predicted octanol–water partition coefficient (Wildman–Crippen LogP) is 3.27. The van der Waals surface area contributed by atoms with Gasteiger partial charge in [0, 0.05) is 19.3 Å². The maximum atomic E-state index is 6.17. The summed E-state index contributed by atoms with van der Waals surface area (Å²) in [5.41, 5.74) is 0.111. The molecule has 3 heteroatoms. The molecule has 0 aromatic carbocycles. The average molecular weight is 269 g/mol. The van der Waals surface area contributed by atoms with E-state index in [1.54, 1.807) is 0 Å². The highest BCUT2D eigenvalue weighted by Crippen LogP contribution is 2.38. The fourth-order valence-electron chi connectivity index (χ4n) is 3.95. The third-order valence-corrected chi connectivity index (χ3v) is 4.91. The van der Waals surface area contributed by atoms with Crippen LogP contribution in [0.4, 0.5) is 0 Å². The Bertz CT molecular complexity index is 245. The SMILES string of the molecule is CCOC1(C(CCCC2CCCO2)NC)CCCC1. The molecule has 2 unspecified atom stereocenters. The van der Waals surface area contributed by atoms with Gasteiger partial charge in [0.25, 0.3) is 0 Å². The van der Waals surface area contributed by atoms with Gasteiger partial charge in [-0.1, -0.05) is 12.8 Å². The Kier molecular flexibility index (Phi) is 6.11. The van der Waals surface area contributed by atoms with Gasteiger partial charge in [-0.2, -0.15) is 0 Å². The minimum Gasteiger partial charge on any atom is -0.378 e. The molecule has 0 aromatic heterocycles. The number of hydrogen-bond donors (Lipinski definition) is 1. The highest BCUT2D eigenvalue weighted by Gasteiger charge is 2.41. The molecule has 1 N–H and O–H groups in total. The number of hydrogen-bond acceptors (Lipinski definition) is 3. The van der Waals surface area contributed by atoms with Crippen LogP contribution in [0.3, 0.4) is 0 Å². The van der Waals surface area contributed by atoms with Crippen LogP contribution in [0.5, 0.6) is 0 Å². The van der Waals surface area contributed by atoms with E-state index in [4.69, 9.17) is 9.47 Å². The molecule has 1 aliphatic heterocycles. The first-order valence-electron chi connectivity index (χ1n) is 8.23. The molecule has 0 bridgehead atoms. The van der Waals surface area contributed by atoms with E-state index in [1.807, 2.05) is 0 Å². The van der Waals surface area contributed by atoms with Crippen LogP contribution >= 0.6 is 0 Å². The molecule has 3 nitrogen and oxygen atoms in total. The molecule has 19 heavy (non-hydrogen) atoms. The first-order chi connectivity index (χ1) is 9.30. The first-order valence-corrected chi connectivity index (χ1v) is 8.23. The van der Waals surface area contributed by atoms with Crippen molar-refractivity contribution in [3.8, 4) is 0 Å². The summed E-state index contributed by atoms with van der Waals surface area (Å²) in [6, 6.07) is 0.511. The van der Waals surface area contributed by atoms with E-state index in [-0.39, 0.29) is 5.60 Å². The number of likely N-dealkylation sites (N-methyl/N-ethyl adjacent to an activating group) is 1. The van der Waals surface area contributed by atoms with Crippen molar-refractivity contribution in [1.29, 1.82) is 0 Å². The minimum atomic E-state index is 0.111. The zero-order valence-electron chi connectivity index (χ0n) is 12.7. The van der Waals surface area contributed by atoms with E-state index in [1.165, 1.54) is 57.8 Å². The standard InChI is InChI=1S/C16H31NO2/c1-3-19-16(11-4-5-12-16)15(17-2)10-6-8-14-9-7-13-18-14/h14-15,17H,3-13H2,1-2H3. The van der Waals surface area contributed by atoms with Crippen molar-refractivity contribution in [2.45, 2.75) is 82.5 Å². The van der Waals surface area contributed by atoms with Crippen molar-refractivity contribution in [2.24, 2.45) is 0 Å². The third-order valence-electron chi connectivity index (χ3n) is 4.91.